The van der Waals surface area contributed by atoms with Crippen molar-refractivity contribution in [2.45, 2.75) is 31.3 Å². The highest BCUT2D eigenvalue weighted by Gasteiger charge is 2.37. The normalized spacial score (nSPS) is 21.4. The van der Waals surface area contributed by atoms with Crippen molar-refractivity contribution in [2.75, 3.05) is 19.6 Å². The minimum atomic E-state index is -1.31. The number of fused-ring (bicyclic) bond motifs is 1. The summed E-state index contributed by atoms with van der Waals surface area (Å²) in [5.41, 5.74) is 0.629. The summed E-state index contributed by atoms with van der Waals surface area (Å²) in [4.78, 5) is 25.4. The lowest BCUT2D eigenvalue weighted by atomic mass is 9.72. The van der Waals surface area contributed by atoms with Gasteiger partial charge in [-0.05, 0) is 30.9 Å². The Balaban J connectivity index is 1.61. The Morgan fingerprint density at radius 3 is 2.72 bits per heavy atom. The van der Waals surface area contributed by atoms with Gasteiger partial charge in [0.1, 0.15) is 5.75 Å². The molecule has 1 aromatic carbocycles. The highest BCUT2D eigenvalue weighted by molar-refractivity contribution is 6.47. The van der Waals surface area contributed by atoms with Crippen molar-refractivity contribution in [1.29, 1.82) is 0 Å². The lowest BCUT2D eigenvalue weighted by Gasteiger charge is -2.31. The molecule has 1 unspecified atom stereocenters. The Hall–Kier alpha value is -2.10. The summed E-state index contributed by atoms with van der Waals surface area (Å²) in [5.74, 6) is -1.85. The van der Waals surface area contributed by atoms with Crippen LogP contribution in [0.25, 0.3) is 0 Å². The number of benzene rings is 1. The molecule has 25 heavy (non-hydrogen) atoms. The molecule has 0 aromatic heterocycles. The maximum absolute atomic E-state index is 12.2. The first kappa shape index (κ1) is 17.7. The second kappa shape index (κ2) is 7.43. The van der Waals surface area contributed by atoms with Gasteiger partial charge >= 0.3 is 13.1 Å². The summed E-state index contributed by atoms with van der Waals surface area (Å²) in [6.07, 6.45) is 1.29. The third-order valence-corrected chi connectivity index (χ3v) is 4.62. The van der Waals surface area contributed by atoms with E-state index in [0.717, 1.165) is 0 Å². The molecule has 9 heteroatoms. The van der Waals surface area contributed by atoms with Crippen LogP contribution in [0.5, 0.6) is 5.75 Å². The number of aliphatic hydroxyl groups is 1. The van der Waals surface area contributed by atoms with Gasteiger partial charge in [-0.15, -0.1) is 0 Å². The first-order valence-corrected chi connectivity index (χ1v) is 8.33. The molecule has 0 radical (unpaired) electrons. The van der Waals surface area contributed by atoms with Crippen LogP contribution in [0.4, 0.5) is 0 Å². The highest BCUT2D eigenvalue weighted by Crippen LogP contribution is 2.30. The predicted molar refractivity (Wildman–Crippen MR) is 89.3 cm³/mol. The van der Waals surface area contributed by atoms with Crippen molar-refractivity contribution in [2.24, 2.45) is 0 Å². The number of carboxylic acid groups (broad SMARTS) is 1. The first-order valence-electron chi connectivity index (χ1n) is 8.33. The molecule has 0 aliphatic carbocycles. The Kier molecular flexibility index (Phi) is 5.26. The van der Waals surface area contributed by atoms with Crippen LogP contribution in [-0.2, 0) is 11.2 Å². The Morgan fingerprint density at radius 1 is 1.32 bits per heavy atom. The lowest BCUT2D eigenvalue weighted by molar-refractivity contribution is -0.123. The Morgan fingerprint density at radius 2 is 2.04 bits per heavy atom. The standard InChI is InChI=1S/C16H21BN2O6/c20-11-4-6-19(7-5-11)9-14(21)18-13-8-10-2-1-3-12(16(22)23)15(10)25-17(13)24/h1-3,11,13,20,24H,4-9H2,(H,18,21)(H,22,23). The van der Waals surface area contributed by atoms with Gasteiger partial charge in [-0.2, -0.15) is 0 Å². The van der Waals surface area contributed by atoms with Gasteiger partial charge in [-0.25, -0.2) is 4.79 Å². The molecule has 2 heterocycles. The van der Waals surface area contributed by atoms with Gasteiger partial charge in [0.25, 0.3) is 0 Å². The Labute approximate surface area is 145 Å². The van der Waals surface area contributed by atoms with E-state index in [1.165, 1.54) is 6.07 Å². The van der Waals surface area contributed by atoms with E-state index in [2.05, 4.69) is 5.32 Å². The van der Waals surface area contributed by atoms with Crippen molar-refractivity contribution in [3.05, 3.63) is 29.3 Å². The van der Waals surface area contributed by atoms with E-state index in [-0.39, 0.29) is 29.9 Å². The van der Waals surface area contributed by atoms with Crippen LogP contribution < -0.4 is 9.97 Å². The number of aliphatic hydroxyl groups excluding tert-OH is 1. The van der Waals surface area contributed by atoms with Crippen molar-refractivity contribution in [1.82, 2.24) is 10.2 Å². The van der Waals surface area contributed by atoms with Crippen LogP contribution in [0.3, 0.4) is 0 Å². The molecular formula is C16H21BN2O6. The third kappa shape index (κ3) is 4.12. The Bertz CT molecular complexity index is 662. The summed E-state index contributed by atoms with van der Waals surface area (Å²) in [6.45, 7) is 1.50. The molecule has 0 spiro atoms. The van der Waals surface area contributed by atoms with E-state index in [9.17, 15) is 24.8 Å². The molecule has 1 atom stereocenters. The van der Waals surface area contributed by atoms with Crippen molar-refractivity contribution >= 4 is 19.0 Å². The van der Waals surface area contributed by atoms with Crippen LogP contribution >= 0.6 is 0 Å². The molecule has 2 aliphatic heterocycles. The zero-order chi connectivity index (χ0) is 18.0. The van der Waals surface area contributed by atoms with Crippen LogP contribution in [0, 0.1) is 0 Å². The van der Waals surface area contributed by atoms with Crippen LogP contribution in [-0.4, -0.2) is 70.8 Å². The quantitative estimate of drug-likeness (QED) is 0.530. The maximum Gasteiger partial charge on any atom is 0.547 e. The van der Waals surface area contributed by atoms with E-state index in [4.69, 9.17) is 4.65 Å². The van der Waals surface area contributed by atoms with Crippen molar-refractivity contribution < 1.29 is 29.5 Å². The van der Waals surface area contributed by atoms with Gasteiger partial charge in [-0.1, -0.05) is 12.1 Å². The average molecular weight is 348 g/mol. The number of aromatic carboxylic acids is 1. The molecule has 1 amide bonds. The molecule has 1 fully saturated rings. The number of likely N-dealkylation sites (tertiary alicyclic amines) is 1. The fraction of sp³-hybridized carbons (Fsp3) is 0.500. The fourth-order valence-electron chi connectivity index (χ4n) is 3.25. The van der Waals surface area contributed by atoms with Gasteiger partial charge in [0.15, 0.2) is 0 Å². The van der Waals surface area contributed by atoms with Crippen molar-refractivity contribution in [3.63, 3.8) is 0 Å². The second-order valence-electron chi connectivity index (χ2n) is 6.49. The van der Waals surface area contributed by atoms with Crippen molar-refractivity contribution in [3.8, 4) is 5.75 Å². The maximum atomic E-state index is 12.2. The van der Waals surface area contributed by atoms with Gasteiger partial charge < -0.3 is 25.2 Å². The van der Waals surface area contributed by atoms with Gasteiger partial charge in [0.2, 0.25) is 5.91 Å². The molecule has 0 saturated carbocycles. The highest BCUT2D eigenvalue weighted by atomic mass is 16.5. The molecule has 1 aromatic rings. The molecule has 8 nitrogen and oxygen atoms in total. The largest absolute Gasteiger partial charge is 0.547 e. The number of carbonyl (C=O) groups excluding carboxylic acids is 1. The van der Waals surface area contributed by atoms with Gasteiger partial charge in [-0.3, -0.25) is 9.69 Å². The summed E-state index contributed by atoms with van der Waals surface area (Å²) in [5, 5.41) is 31.6. The monoisotopic (exact) mass is 348 g/mol. The molecular weight excluding hydrogens is 327 g/mol. The predicted octanol–water partition coefficient (Wildman–Crippen LogP) is -0.719. The fourth-order valence-corrected chi connectivity index (χ4v) is 3.25. The SMILES string of the molecule is O=C(CN1CCC(O)CC1)NC1Cc2cccc(C(=O)O)c2OB1O. The number of hydrogen-bond acceptors (Lipinski definition) is 6. The first-order chi connectivity index (χ1) is 11.9. The smallest absolute Gasteiger partial charge is 0.534 e. The van der Waals surface area contributed by atoms with Crippen LogP contribution in [0.2, 0.25) is 0 Å². The number of carboxylic acids is 1. The number of nitrogens with one attached hydrogen (secondary N) is 1. The number of rotatable bonds is 4. The molecule has 0 bridgehead atoms. The number of amides is 1. The summed E-state index contributed by atoms with van der Waals surface area (Å²) in [6, 6.07) is 4.75. The van der Waals surface area contributed by atoms with Gasteiger partial charge in [0, 0.05) is 13.1 Å². The van der Waals surface area contributed by atoms with E-state index in [1.54, 1.807) is 12.1 Å². The lowest BCUT2D eigenvalue weighted by Crippen LogP contribution is -2.55. The summed E-state index contributed by atoms with van der Waals surface area (Å²) in [7, 11) is -1.31. The minimum absolute atomic E-state index is 0.00630. The topological polar surface area (TPSA) is 119 Å². The van der Waals surface area contributed by atoms with E-state index in [1.807, 2.05) is 4.90 Å². The van der Waals surface area contributed by atoms with Crippen LogP contribution in [0.15, 0.2) is 18.2 Å². The molecule has 1 saturated heterocycles. The zero-order valence-corrected chi connectivity index (χ0v) is 13.7. The zero-order valence-electron chi connectivity index (χ0n) is 13.7. The van der Waals surface area contributed by atoms with Crippen LogP contribution in [0.1, 0.15) is 28.8 Å². The number of nitrogens with zero attached hydrogens (tertiary/aromatic N) is 1. The molecule has 2 aliphatic rings. The summed E-state index contributed by atoms with van der Waals surface area (Å²) < 4.78 is 5.36. The number of piperidine rings is 1. The molecule has 134 valence electrons. The average Bonchev–Trinajstić information content (AvgIpc) is 2.57. The minimum Gasteiger partial charge on any atom is -0.534 e. The van der Waals surface area contributed by atoms with E-state index >= 15 is 0 Å². The third-order valence-electron chi connectivity index (χ3n) is 4.62. The molecule has 4 N–H and O–H groups in total. The summed E-state index contributed by atoms with van der Waals surface area (Å²) >= 11 is 0. The van der Waals surface area contributed by atoms with E-state index in [0.29, 0.717) is 37.9 Å². The number of para-hydroxylation sites is 1. The van der Waals surface area contributed by atoms with E-state index < -0.39 is 19.0 Å². The number of hydrogen-bond donors (Lipinski definition) is 4. The van der Waals surface area contributed by atoms with Gasteiger partial charge in [0.05, 0.1) is 24.2 Å². The molecule has 3 rings (SSSR count). The number of carbonyl (C=O) groups is 2. The second-order valence-corrected chi connectivity index (χ2v) is 6.49.